The minimum atomic E-state index is -3.63. The van der Waals surface area contributed by atoms with Gasteiger partial charge in [0.2, 0.25) is 0 Å². The maximum atomic E-state index is 12.1. The van der Waals surface area contributed by atoms with Crippen LogP contribution >= 0.6 is 11.6 Å². The van der Waals surface area contributed by atoms with Crippen LogP contribution in [0.15, 0.2) is 29.2 Å². The number of anilines is 2. The molecule has 0 radical (unpaired) electrons. The van der Waals surface area contributed by atoms with Crippen molar-refractivity contribution in [2.24, 2.45) is 0 Å². The highest BCUT2D eigenvalue weighted by molar-refractivity contribution is 7.93. The van der Waals surface area contributed by atoms with Gasteiger partial charge in [0.25, 0.3) is 10.0 Å². The number of rotatable bonds is 1. The molecule has 3 rings (SSSR count). The van der Waals surface area contributed by atoms with Crippen molar-refractivity contribution < 1.29 is 13.2 Å². The lowest BCUT2D eigenvalue weighted by atomic mass is 10.1. The van der Waals surface area contributed by atoms with Crippen molar-refractivity contribution in [2.45, 2.75) is 4.90 Å². The minimum absolute atomic E-state index is 0.165. The van der Waals surface area contributed by atoms with E-state index in [4.69, 9.17) is 11.6 Å². The van der Waals surface area contributed by atoms with E-state index in [0.717, 1.165) is 0 Å². The molecule has 8 heteroatoms. The maximum absolute atomic E-state index is 12.1. The zero-order valence-corrected chi connectivity index (χ0v) is 12.8. The highest BCUT2D eigenvalue weighted by atomic mass is 35.5. The molecule has 1 heterocycles. The van der Waals surface area contributed by atoms with Gasteiger partial charge in [-0.2, -0.15) is 0 Å². The van der Waals surface area contributed by atoms with Crippen molar-refractivity contribution in [3.05, 3.63) is 29.3 Å². The largest absolute Gasteiger partial charge is 0.331 e. The van der Waals surface area contributed by atoms with Crippen LogP contribution in [0, 0.1) is 0 Å². The summed E-state index contributed by atoms with van der Waals surface area (Å²) in [6, 6.07) is 6.05. The van der Waals surface area contributed by atoms with Crippen LogP contribution < -0.4 is 10.0 Å². The van der Waals surface area contributed by atoms with Gasteiger partial charge in [0.15, 0.2) is 0 Å². The van der Waals surface area contributed by atoms with E-state index < -0.39 is 10.0 Å². The number of amides is 2. The van der Waals surface area contributed by atoms with Crippen molar-refractivity contribution >= 4 is 49.8 Å². The molecule has 0 fully saturated rings. The quantitative estimate of drug-likeness (QED) is 0.846. The van der Waals surface area contributed by atoms with E-state index in [2.05, 4.69) is 10.0 Å². The zero-order chi connectivity index (χ0) is 15.4. The highest BCUT2D eigenvalue weighted by Gasteiger charge is 2.30. The summed E-state index contributed by atoms with van der Waals surface area (Å²) in [6.07, 6.45) is 0. The van der Waals surface area contributed by atoms with Crippen molar-refractivity contribution in [2.75, 3.05) is 24.1 Å². The van der Waals surface area contributed by atoms with Gasteiger partial charge in [0.1, 0.15) is 0 Å². The molecular formula is C13H12ClN3O3S. The highest BCUT2D eigenvalue weighted by Crippen LogP contribution is 2.45. The van der Waals surface area contributed by atoms with E-state index in [1.807, 2.05) is 0 Å². The summed E-state index contributed by atoms with van der Waals surface area (Å²) < 4.78 is 26.7. The average Bonchev–Trinajstić information content (AvgIpc) is 2.69. The van der Waals surface area contributed by atoms with Gasteiger partial charge >= 0.3 is 6.03 Å². The molecule has 6 nitrogen and oxygen atoms in total. The third-order valence-electron chi connectivity index (χ3n) is 3.25. The lowest BCUT2D eigenvalue weighted by Gasteiger charge is -2.15. The number of sulfonamides is 1. The molecule has 110 valence electrons. The summed E-state index contributed by atoms with van der Waals surface area (Å²) in [5, 5.41) is 4.14. The summed E-state index contributed by atoms with van der Waals surface area (Å²) in [4.78, 5) is 13.3. The van der Waals surface area contributed by atoms with E-state index in [1.54, 1.807) is 26.2 Å². The molecule has 0 bridgehead atoms. The number of nitrogens with one attached hydrogen (secondary N) is 2. The molecule has 2 aromatic carbocycles. The Morgan fingerprint density at radius 2 is 2.05 bits per heavy atom. The van der Waals surface area contributed by atoms with Gasteiger partial charge in [0.05, 0.1) is 21.3 Å². The molecule has 0 spiro atoms. The van der Waals surface area contributed by atoms with Crippen molar-refractivity contribution in [1.82, 2.24) is 4.90 Å². The normalized spacial score (nSPS) is 14.8. The van der Waals surface area contributed by atoms with E-state index in [1.165, 1.54) is 17.0 Å². The molecule has 21 heavy (non-hydrogen) atoms. The molecule has 0 saturated carbocycles. The Balaban J connectivity index is 2.28. The van der Waals surface area contributed by atoms with Crippen LogP contribution in [-0.4, -0.2) is 33.4 Å². The Labute approximate surface area is 126 Å². The number of carbonyl (C=O) groups excluding carboxylic acids is 1. The van der Waals surface area contributed by atoms with Gasteiger partial charge in [0, 0.05) is 24.9 Å². The molecule has 0 aromatic heterocycles. The van der Waals surface area contributed by atoms with Crippen LogP contribution in [0.4, 0.5) is 16.2 Å². The maximum Gasteiger partial charge on any atom is 0.321 e. The zero-order valence-electron chi connectivity index (χ0n) is 11.3. The van der Waals surface area contributed by atoms with Crippen LogP contribution in [0.2, 0.25) is 5.02 Å². The molecule has 2 aromatic rings. The fraction of sp³-hybridized carbons (Fsp3) is 0.154. The van der Waals surface area contributed by atoms with Gasteiger partial charge in [-0.1, -0.05) is 23.7 Å². The van der Waals surface area contributed by atoms with Gasteiger partial charge in [-0.15, -0.1) is 0 Å². The number of hydrogen-bond donors (Lipinski definition) is 2. The SMILES string of the molecule is CN(C)C(=O)Nc1cc(Cl)c2cccc3c2c1NS3(=O)=O. The van der Waals surface area contributed by atoms with Crippen LogP contribution in [-0.2, 0) is 10.0 Å². The molecule has 0 unspecified atom stereocenters. The summed E-state index contributed by atoms with van der Waals surface area (Å²) in [6.45, 7) is 0. The molecular weight excluding hydrogens is 314 g/mol. The van der Waals surface area contributed by atoms with Crippen molar-refractivity contribution in [1.29, 1.82) is 0 Å². The van der Waals surface area contributed by atoms with Crippen LogP contribution in [0.1, 0.15) is 0 Å². The minimum Gasteiger partial charge on any atom is -0.331 e. The molecule has 1 aliphatic rings. The Kier molecular flexibility index (Phi) is 3.00. The number of hydrogen-bond acceptors (Lipinski definition) is 3. The Morgan fingerprint density at radius 1 is 1.33 bits per heavy atom. The number of halogens is 1. The third-order valence-corrected chi connectivity index (χ3v) is 4.95. The second-order valence-electron chi connectivity index (χ2n) is 4.89. The van der Waals surface area contributed by atoms with E-state index in [-0.39, 0.29) is 10.9 Å². The first-order chi connectivity index (χ1) is 9.81. The standard InChI is InChI=1S/C13H12ClN3O3S/c1-17(2)13(18)15-9-6-8(14)7-4-3-5-10-11(7)12(9)16-21(10,19)20/h3-6,16H,1-2H3,(H,15,18). The lowest BCUT2D eigenvalue weighted by molar-refractivity contribution is 0.230. The van der Waals surface area contributed by atoms with E-state index in [0.29, 0.717) is 27.2 Å². The van der Waals surface area contributed by atoms with Crippen molar-refractivity contribution in [3.63, 3.8) is 0 Å². The van der Waals surface area contributed by atoms with Gasteiger partial charge in [-0.05, 0) is 12.1 Å². The monoisotopic (exact) mass is 325 g/mol. The summed E-state index contributed by atoms with van der Waals surface area (Å²) in [5.41, 5.74) is 0.680. The molecule has 2 amide bonds. The fourth-order valence-corrected chi connectivity index (χ4v) is 3.84. The Morgan fingerprint density at radius 3 is 2.71 bits per heavy atom. The molecule has 0 saturated heterocycles. The molecule has 0 atom stereocenters. The van der Waals surface area contributed by atoms with Crippen LogP contribution in [0.5, 0.6) is 0 Å². The van der Waals surface area contributed by atoms with Crippen LogP contribution in [0.3, 0.4) is 0 Å². The fourth-order valence-electron chi connectivity index (χ4n) is 2.24. The first-order valence-corrected chi connectivity index (χ1v) is 7.94. The summed E-state index contributed by atoms with van der Waals surface area (Å²) >= 11 is 6.20. The predicted octanol–water partition coefficient (Wildman–Crippen LogP) is 2.70. The lowest BCUT2D eigenvalue weighted by Crippen LogP contribution is -2.27. The summed E-state index contributed by atoms with van der Waals surface area (Å²) in [5.74, 6) is 0. The predicted molar refractivity (Wildman–Crippen MR) is 82.5 cm³/mol. The second-order valence-corrected chi connectivity index (χ2v) is 6.95. The molecule has 2 N–H and O–H groups in total. The second kappa shape index (κ2) is 4.51. The topological polar surface area (TPSA) is 78.5 Å². The van der Waals surface area contributed by atoms with E-state index >= 15 is 0 Å². The van der Waals surface area contributed by atoms with E-state index in [9.17, 15) is 13.2 Å². The van der Waals surface area contributed by atoms with Crippen molar-refractivity contribution in [3.8, 4) is 0 Å². The molecule has 0 aliphatic carbocycles. The van der Waals surface area contributed by atoms with Gasteiger partial charge in [-0.25, -0.2) is 13.2 Å². The number of benzene rings is 2. The smallest absolute Gasteiger partial charge is 0.321 e. The number of urea groups is 1. The Hall–Kier alpha value is -1.99. The van der Waals surface area contributed by atoms with Crippen LogP contribution in [0.25, 0.3) is 10.8 Å². The first kappa shape index (κ1) is 14.0. The average molecular weight is 326 g/mol. The third kappa shape index (κ3) is 2.09. The number of carbonyl (C=O) groups is 1. The summed E-state index contributed by atoms with van der Waals surface area (Å²) in [7, 11) is -0.446. The Bertz CT molecular complexity index is 878. The van der Waals surface area contributed by atoms with Gasteiger partial charge in [-0.3, -0.25) is 4.72 Å². The number of nitrogens with zero attached hydrogens (tertiary/aromatic N) is 1. The molecule has 1 aliphatic heterocycles. The van der Waals surface area contributed by atoms with Gasteiger partial charge < -0.3 is 10.2 Å². The first-order valence-electron chi connectivity index (χ1n) is 6.07.